The van der Waals surface area contributed by atoms with Crippen molar-refractivity contribution in [3.8, 4) is 28.4 Å². The maximum atomic E-state index is 13.3. The van der Waals surface area contributed by atoms with Crippen molar-refractivity contribution in [2.75, 3.05) is 47.5 Å². The SMILES string of the molecule is COc1ccc(CN2CCN(Cc3cc(-c4ccc(F)cc4)ccc3C)CC2)c(OC)c1OC.Cl.Cl. The third kappa shape index (κ3) is 6.83. The van der Waals surface area contributed by atoms with E-state index in [1.165, 1.54) is 23.3 Å². The molecule has 0 atom stereocenters. The number of hydrogen-bond donors (Lipinski definition) is 0. The van der Waals surface area contributed by atoms with Gasteiger partial charge in [0.2, 0.25) is 5.75 Å². The van der Waals surface area contributed by atoms with E-state index in [0.29, 0.717) is 11.5 Å². The van der Waals surface area contributed by atoms with Crippen LogP contribution in [0, 0.1) is 12.7 Å². The van der Waals surface area contributed by atoms with E-state index in [1.807, 2.05) is 18.2 Å². The Morgan fingerprint density at radius 1 is 0.667 bits per heavy atom. The number of aryl methyl sites for hydroxylation is 1. The van der Waals surface area contributed by atoms with Gasteiger partial charge in [-0.3, -0.25) is 9.80 Å². The molecular formula is C28H35Cl2FN2O3. The van der Waals surface area contributed by atoms with Gasteiger partial charge in [-0.1, -0.05) is 30.3 Å². The van der Waals surface area contributed by atoms with E-state index in [0.717, 1.165) is 61.7 Å². The monoisotopic (exact) mass is 536 g/mol. The van der Waals surface area contributed by atoms with Gasteiger partial charge in [-0.2, -0.15) is 0 Å². The fourth-order valence-electron chi connectivity index (χ4n) is 4.54. The Kier molecular flexibility index (Phi) is 11.3. The Labute approximate surface area is 226 Å². The molecule has 1 saturated heterocycles. The molecule has 0 spiro atoms. The van der Waals surface area contributed by atoms with E-state index in [-0.39, 0.29) is 30.6 Å². The lowest BCUT2D eigenvalue weighted by molar-refractivity contribution is 0.121. The van der Waals surface area contributed by atoms with Crippen LogP contribution in [0.1, 0.15) is 16.7 Å². The van der Waals surface area contributed by atoms with Gasteiger partial charge in [-0.25, -0.2) is 4.39 Å². The number of methoxy groups -OCH3 is 3. The molecule has 0 aliphatic carbocycles. The van der Waals surface area contributed by atoms with E-state index in [2.05, 4.69) is 41.0 Å². The normalized spacial score (nSPS) is 13.9. The fourth-order valence-corrected chi connectivity index (χ4v) is 4.54. The van der Waals surface area contributed by atoms with E-state index in [9.17, 15) is 4.39 Å². The third-order valence-electron chi connectivity index (χ3n) is 6.57. The summed E-state index contributed by atoms with van der Waals surface area (Å²) in [5.41, 5.74) is 5.85. The van der Waals surface area contributed by atoms with Gasteiger partial charge in [0.15, 0.2) is 11.5 Å². The van der Waals surface area contributed by atoms with Crippen LogP contribution in [0.15, 0.2) is 54.6 Å². The van der Waals surface area contributed by atoms with Crippen LogP contribution >= 0.6 is 24.8 Å². The first-order valence-corrected chi connectivity index (χ1v) is 11.6. The van der Waals surface area contributed by atoms with Gasteiger partial charge in [0.25, 0.3) is 0 Å². The van der Waals surface area contributed by atoms with Gasteiger partial charge < -0.3 is 14.2 Å². The topological polar surface area (TPSA) is 34.2 Å². The van der Waals surface area contributed by atoms with Gasteiger partial charge in [0.05, 0.1) is 21.3 Å². The lowest BCUT2D eigenvalue weighted by Gasteiger charge is -2.35. The molecule has 36 heavy (non-hydrogen) atoms. The Balaban J connectivity index is 0.00000228. The van der Waals surface area contributed by atoms with Gasteiger partial charge >= 0.3 is 0 Å². The Hall–Kier alpha value is -2.51. The highest BCUT2D eigenvalue weighted by Crippen LogP contribution is 2.40. The van der Waals surface area contributed by atoms with E-state index in [4.69, 9.17) is 14.2 Å². The summed E-state index contributed by atoms with van der Waals surface area (Å²) in [4.78, 5) is 4.95. The Morgan fingerprint density at radius 2 is 1.22 bits per heavy atom. The molecule has 1 fully saturated rings. The van der Waals surface area contributed by atoms with Crippen LogP contribution in [0.2, 0.25) is 0 Å². The molecule has 0 bridgehead atoms. The quantitative estimate of drug-likeness (QED) is 0.353. The molecular weight excluding hydrogens is 502 g/mol. The first-order valence-electron chi connectivity index (χ1n) is 11.6. The maximum absolute atomic E-state index is 13.3. The molecule has 1 aliphatic rings. The molecule has 196 valence electrons. The maximum Gasteiger partial charge on any atom is 0.203 e. The average Bonchev–Trinajstić information content (AvgIpc) is 2.86. The number of nitrogens with zero attached hydrogens (tertiary/aromatic N) is 2. The Morgan fingerprint density at radius 3 is 1.78 bits per heavy atom. The van der Waals surface area contributed by atoms with E-state index < -0.39 is 0 Å². The molecule has 0 amide bonds. The van der Waals surface area contributed by atoms with E-state index in [1.54, 1.807) is 21.3 Å². The third-order valence-corrected chi connectivity index (χ3v) is 6.57. The van der Waals surface area contributed by atoms with E-state index >= 15 is 0 Å². The van der Waals surface area contributed by atoms with Gasteiger partial charge in [0.1, 0.15) is 5.82 Å². The van der Waals surface area contributed by atoms with Crippen molar-refractivity contribution in [3.05, 3.63) is 77.1 Å². The highest BCUT2D eigenvalue weighted by Gasteiger charge is 2.21. The molecule has 0 unspecified atom stereocenters. The van der Waals surface area contributed by atoms with Crippen LogP contribution in [0.3, 0.4) is 0 Å². The van der Waals surface area contributed by atoms with Crippen LogP contribution in [-0.2, 0) is 13.1 Å². The molecule has 3 aromatic rings. The van der Waals surface area contributed by atoms with Crippen LogP contribution in [0.25, 0.3) is 11.1 Å². The van der Waals surface area contributed by atoms with Crippen molar-refractivity contribution < 1.29 is 18.6 Å². The summed E-state index contributed by atoms with van der Waals surface area (Å²) in [6.45, 7) is 7.82. The second-order valence-corrected chi connectivity index (χ2v) is 8.69. The zero-order valence-corrected chi connectivity index (χ0v) is 22.9. The second-order valence-electron chi connectivity index (χ2n) is 8.69. The largest absolute Gasteiger partial charge is 0.493 e. The standard InChI is InChI=1S/C28H33FN2O3.2ClH/c1-20-5-6-22(21-7-10-25(29)11-8-21)17-24(20)19-31-15-13-30(14-16-31)18-23-9-12-26(32-2)28(34-4)27(23)33-3;;/h5-12,17H,13-16,18-19H2,1-4H3;2*1H. The number of piperazine rings is 1. The highest BCUT2D eigenvalue weighted by atomic mass is 35.5. The minimum atomic E-state index is -0.209. The van der Waals surface area contributed by atoms with Crippen LogP contribution in [0.5, 0.6) is 17.2 Å². The summed E-state index contributed by atoms with van der Waals surface area (Å²) < 4.78 is 29.9. The summed E-state index contributed by atoms with van der Waals surface area (Å²) >= 11 is 0. The number of hydrogen-bond acceptors (Lipinski definition) is 5. The Bertz CT molecular complexity index is 1120. The lowest BCUT2D eigenvalue weighted by Crippen LogP contribution is -2.45. The minimum Gasteiger partial charge on any atom is -0.493 e. The van der Waals surface area contributed by atoms with Crippen molar-refractivity contribution in [2.45, 2.75) is 20.0 Å². The van der Waals surface area contributed by atoms with Crippen molar-refractivity contribution in [2.24, 2.45) is 0 Å². The summed E-state index contributed by atoms with van der Waals surface area (Å²) in [6.07, 6.45) is 0. The second kappa shape index (κ2) is 13.7. The van der Waals surface area contributed by atoms with Crippen LogP contribution in [0.4, 0.5) is 4.39 Å². The molecule has 1 aliphatic heterocycles. The molecule has 0 radical (unpaired) electrons. The van der Waals surface area contributed by atoms with Gasteiger partial charge in [0, 0.05) is 44.8 Å². The number of benzene rings is 3. The zero-order valence-electron chi connectivity index (χ0n) is 21.3. The molecule has 8 heteroatoms. The van der Waals surface area contributed by atoms with Crippen molar-refractivity contribution in [1.29, 1.82) is 0 Å². The highest BCUT2D eigenvalue weighted by molar-refractivity contribution is 5.85. The van der Waals surface area contributed by atoms with Crippen LogP contribution < -0.4 is 14.2 Å². The van der Waals surface area contributed by atoms with Crippen molar-refractivity contribution in [1.82, 2.24) is 9.80 Å². The summed E-state index contributed by atoms with van der Waals surface area (Å²) in [7, 11) is 4.93. The smallest absolute Gasteiger partial charge is 0.203 e. The molecule has 0 N–H and O–H groups in total. The van der Waals surface area contributed by atoms with Crippen molar-refractivity contribution >= 4 is 24.8 Å². The molecule has 0 aromatic heterocycles. The lowest BCUT2D eigenvalue weighted by atomic mass is 9.99. The molecule has 4 rings (SSSR count). The molecule has 5 nitrogen and oxygen atoms in total. The summed E-state index contributed by atoms with van der Waals surface area (Å²) in [5, 5.41) is 0. The number of rotatable bonds is 8. The average molecular weight is 538 g/mol. The molecule has 3 aromatic carbocycles. The van der Waals surface area contributed by atoms with Gasteiger partial charge in [-0.05, 0) is 53.4 Å². The summed E-state index contributed by atoms with van der Waals surface area (Å²) in [5.74, 6) is 1.83. The minimum absolute atomic E-state index is 0. The first-order chi connectivity index (χ1) is 16.5. The predicted molar refractivity (Wildman–Crippen MR) is 148 cm³/mol. The summed E-state index contributed by atoms with van der Waals surface area (Å²) in [6, 6.07) is 17.2. The number of ether oxygens (including phenoxy) is 3. The predicted octanol–water partition coefficient (Wildman–Crippen LogP) is 5.99. The molecule has 1 heterocycles. The first kappa shape index (κ1) is 29.7. The fraction of sp³-hybridized carbons (Fsp3) is 0.357. The van der Waals surface area contributed by atoms with Crippen molar-refractivity contribution in [3.63, 3.8) is 0 Å². The zero-order chi connectivity index (χ0) is 24.1. The van der Waals surface area contributed by atoms with Gasteiger partial charge in [-0.15, -0.1) is 24.8 Å². The van der Waals surface area contributed by atoms with Crippen LogP contribution in [-0.4, -0.2) is 57.3 Å². The molecule has 0 saturated carbocycles. The number of halogens is 3.